The number of anilines is 1. The first-order chi connectivity index (χ1) is 6.31. The normalized spacial score (nSPS) is 20.6. The van der Waals surface area contributed by atoms with Crippen LogP contribution in [0.4, 0.5) is 5.82 Å². The molecule has 1 aromatic heterocycles. The third kappa shape index (κ3) is 1.35. The molecule has 2 rings (SSSR count). The summed E-state index contributed by atoms with van der Waals surface area (Å²) in [5, 5.41) is 8.59. The van der Waals surface area contributed by atoms with E-state index in [9.17, 15) is 0 Å². The van der Waals surface area contributed by atoms with Crippen molar-refractivity contribution in [3.63, 3.8) is 0 Å². The first-order valence-electron chi connectivity index (χ1n) is 4.44. The molecule has 1 saturated heterocycles. The SMILES string of the molecule is CC1CCN1c1ccc(C#N)cn1. The van der Waals surface area contributed by atoms with Crippen LogP contribution in [0.2, 0.25) is 0 Å². The number of hydrogen-bond donors (Lipinski definition) is 0. The highest BCUT2D eigenvalue weighted by Crippen LogP contribution is 2.23. The summed E-state index contributed by atoms with van der Waals surface area (Å²) in [5.74, 6) is 0.984. The minimum absolute atomic E-state index is 0.598. The zero-order chi connectivity index (χ0) is 9.26. The van der Waals surface area contributed by atoms with Crippen molar-refractivity contribution >= 4 is 5.82 Å². The number of nitrogens with zero attached hydrogens (tertiary/aromatic N) is 3. The van der Waals surface area contributed by atoms with Crippen molar-refractivity contribution in [2.75, 3.05) is 11.4 Å². The monoisotopic (exact) mass is 173 g/mol. The van der Waals surface area contributed by atoms with Crippen molar-refractivity contribution in [2.24, 2.45) is 0 Å². The van der Waals surface area contributed by atoms with Crippen LogP contribution in [-0.4, -0.2) is 17.6 Å². The zero-order valence-electron chi connectivity index (χ0n) is 7.57. The molecule has 1 aliphatic rings. The van der Waals surface area contributed by atoms with Gasteiger partial charge in [0.15, 0.2) is 0 Å². The van der Waals surface area contributed by atoms with Crippen molar-refractivity contribution in [1.29, 1.82) is 5.26 Å². The highest BCUT2D eigenvalue weighted by Gasteiger charge is 2.24. The predicted octanol–water partition coefficient (Wildman–Crippen LogP) is 1.55. The maximum atomic E-state index is 8.59. The van der Waals surface area contributed by atoms with Crippen molar-refractivity contribution < 1.29 is 0 Å². The Balaban J connectivity index is 2.19. The molecule has 13 heavy (non-hydrogen) atoms. The van der Waals surface area contributed by atoms with E-state index in [1.54, 1.807) is 6.20 Å². The lowest BCUT2D eigenvalue weighted by Gasteiger charge is -2.39. The minimum Gasteiger partial charge on any atom is -0.354 e. The number of nitriles is 1. The van der Waals surface area contributed by atoms with Crippen LogP contribution in [0.3, 0.4) is 0 Å². The van der Waals surface area contributed by atoms with Gasteiger partial charge in [-0.15, -0.1) is 0 Å². The maximum Gasteiger partial charge on any atom is 0.128 e. The van der Waals surface area contributed by atoms with Gasteiger partial charge in [-0.1, -0.05) is 0 Å². The molecule has 1 aromatic rings. The van der Waals surface area contributed by atoms with Gasteiger partial charge in [-0.05, 0) is 25.5 Å². The second kappa shape index (κ2) is 3.06. The van der Waals surface area contributed by atoms with Crippen molar-refractivity contribution in [2.45, 2.75) is 19.4 Å². The highest BCUT2D eigenvalue weighted by atomic mass is 15.3. The molecule has 0 spiro atoms. The van der Waals surface area contributed by atoms with Crippen LogP contribution in [0.1, 0.15) is 18.9 Å². The van der Waals surface area contributed by atoms with Gasteiger partial charge in [0.25, 0.3) is 0 Å². The van der Waals surface area contributed by atoms with Crippen LogP contribution in [0.15, 0.2) is 18.3 Å². The Morgan fingerprint density at radius 3 is 2.85 bits per heavy atom. The Bertz CT molecular complexity index is 336. The number of pyridine rings is 1. The van der Waals surface area contributed by atoms with Crippen LogP contribution in [0.5, 0.6) is 0 Å². The van der Waals surface area contributed by atoms with Crippen molar-refractivity contribution in [3.05, 3.63) is 23.9 Å². The van der Waals surface area contributed by atoms with E-state index in [1.165, 1.54) is 6.42 Å². The third-order valence-corrected chi connectivity index (χ3v) is 2.49. The van der Waals surface area contributed by atoms with Gasteiger partial charge >= 0.3 is 0 Å². The molecule has 1 atom stereocenters. The first-order valence-corrected chi connectivity index (χ1v) is 4.44. The number of hydrogen-bond acceptors (Lipinski definition) is 3. The van der Waals surface area contributed by atoms with Gasteiger partial charge in [0.1, 0.15) is 11.9 Å². The third-order valence-electron chi connectivity index (χ3n) is 2.49. The maximum absolute atomic E-state index is 8.59. The van der Waals surface area contributed by atoms with E-state index in [2.05, 4.69) is 22.9 Å². The van der Waals surface area contributed by atoms with Crippen molar-refractivity contribution in [3.8, 4) is 6.07 Å². The molecular weight excluding hydrogens is 162 g/mol. The molecular formula is C10H11N3. The molecule has 2 heterocycles. The summed E-state index contributed by atoms with van der Waals surface area (Å²) in [6.07, 6.45) is 2.86. The lowest BCUT2D eigenvalue weighted by Crippen LogP contribution is -2.46. The zero-order valence-corrected chi connectivity index (χ0v) is 7.57. The minimum atomic E-state index is 0.598. The van der Waals surface area contributed by atoms with Gasteiger partial charge in [0, 0.05) is 18.8 Å². The predicted molar refractivity (Wildman–Crippen MR) is 50.4 cm³/mol. The first kappa shape index (κ1) is 8.06. The average molecular weight is 173 g/mol. The fraction of sp³-hybridized carbons (Fsp3) is 0.400. The fourth-order valence-electron chi connectivity index (χ4n) is 1.48. The van der Waals surface area contributed by atoms with Gasteiger partial charge in [0.2, 0.25) is 0 Å². The molecule has 0 radical (unpaired) electrons. The molecule has 3 nitrogen and oxygen atoms in total. The van der Waals surface area contributed by atoms with E-state index < -0.39 is 0 Å². The molecule has 0 bridgehead atoms. The highest BCUT2D eigenvalue weighted by molar-refractivity contribution is 5.44. The van der Waals surface area contributed by atoms with E-state index in [-0.39, 0.29) is 0 Å². The Morgan fingerprint density at radius 2 is 2.46 bits per heavy atom. The molecule has 0 aliphatic carbocycles. The lowest BCUT2D eigenvalue weighted by atomic mass is 10.1. The van der Waals surface area contributed by atoms with E-state index in [0.29, 0.717) is 11.6 Å². The Hall–Kier alpha value is -1.56. The quantitative estimate of drug-likeness (QED) is 0.647. The molecule has 66 valence electrons. The van der Waals surface area contributed by atoms with Gasteiger partial charge < -0.3 is 4.90 Å². The number of rotatable bonds is 1. The Morgan fingerprint density at radius 1 is 1.62 bits per heavy atom. The summed E-state index contributed by atoms with van der Waals surface area (Å²) < 4.78 is 0. The smallest absolute Gasteiger partial charge is 0.128 e. The van der Waals surface area contributed by atoms with Crippen LogP contribution < -0.4 is 4.90 Å². The van der Waals surface area contributed by atoms with Crippen LogP contribution in [0, 0.1) is 11.3 Å². The second-order valence-corrected chi connectivity index (χ2v) is 3.35. The molecule has 1 unspecified atom stereocenters. The lowest BCUT2D eigenvalue weighted by molar-refractivity contribution is 0.476. The summed E-state index contributed by atoms with van der Waals surface area (Å²) in [7, 11) is 0. The summed E-state index contributed by atoms with van der Waals surface area (Å²) in [6, 6.07) is 6.38. The summed E-state index contributed by atoms with van der Waals surface area (Å²) in [4.78, 5) is 6.46. The van der Waals surface area contributed by atoms with Crippen LogP contribution in [-0.2, 0) is 0 Å². The number of aromatic nitrogens is 1. The van der Waals surface area contributed by atoms with Crippen LogP contribution in [0.25, 0.3) is 0 Å². The van der Waals surface area contributed by atoms with Gasteiger partial charge in [-0.2, -0.15) is 5.26 Å². The summed E-state index contributed by atoms with van der Waals surface area (Å²) in [5.41, 5.74) is 0.622. The summed E-state index contributed by atoms with van der Waals surface area (Å²) in [6.45, 7) is 3.27. The average Bonchev–Trinajstić information content (AvgIpc) is 2.17. The van der Waals surface area contributed by atoms with Gasteiger partial charge in [-0.25, -0.2) is 4.98 Å². The molecule has 0 saturated carbocycles. The second-order valence-electron chi connectivity index (χ2n) is 3.35. The van der Waals surface area contributed by atoms with E-state index >= 15 is 0 Å². The Labute approximate surface area is 77.6 Å². The van der Waals surface area contributed by atoms with E-state index in [4.69, 9.17) is 5.26 Å². The van der Waals surface area contributed by atoms with Crippen LogP contribution >= 0.6 is 0 Å². The van der Waals surface area contributed by atoms with Gasteiger partial charge in [-0.3, -0.25) is 0 Å². The van der Waals surface area contributed by atoms with E-state index in [0.717, 1.165) is 12.4 Å². The Kier molecular flexibility index (Phi) is 1.90. The molecule has 3 heteroatoms. The standard InChI is InChI=1S/C10H11N3/c1-8-4-5-13(8)10-3-2-9(6-11)7-12-10/h2-3,7-8H,4-5H2,1H3. The molecule has 0 amide bonds. The molecule has 0 N–H and O–H groups in total. The fourth-order valence-corrected chi connectivity index (χ4v) is 1.48. The molecule has 0 aromatic carbocycles. The summed E-state index contributed by atoms with van der Waals surface area (Å²) >= 11 is 0. The van der Waals surface area contributed by atoms with Crippen molar-refractivity contribution in [1.82, 2.24) is 4.98 Å². The largest absolute Gasteiger partial charge is 0.354 e. The molecule has 1 fully saturated rings. The van der Waals surface area contributed by atoms with Gasteiger partial charge in [0.05, 0.1) is 5.56 Å². The van der Waals surface area contributed by atoms with E-state index in [1.807, 2.05) is 12.1 Å². The molecule has 1 aliphatic heterocycles. The topological polar surface area (TPSA) is 39.9 Å².